The zero-order chi connectivity index (χ0) is 12.5. The average Bonchev–Trinajstić information content (AvgIpc) is 2.88. The lowest BCUT2D eigenvalue weighted by Crippen LogP contribution is -2.29. The first-order valence-electron chi connectivity index (χ1n) is 5.92. The minimum atomic E-state index is 0. The summed E-state index contributed by atoms with van der Waals surface area (Å²) < 4.78 is 0. The van der Waals surface area contributed by atoms with Gasteiger partial charge in [-0.2, -0.15) is 5.10 Å². The number of fused-ring (bicyclic) bond motifs is 1. The van der Waals surface area contributed by atoms with Crippen LogP contribution in [0.2, 0.25) is 0 Å². The molecule has 3 N–H and O–H groups in total. The fourth-order valence-electron chi connectivity index (χ4n) is 2.20. The van der Waals surface area contributed by atoms with E-state index in [0.717, 1.165) is 17.7 Å². The Bertz CT molecular complexity index is 651. The summed E-state index contributed by atoms with van der Waals surface area (Å²) in [6, 6.07) is 14.6. The van der Waals surface area contributed by atoms with Crippen LogP contribution in [0.15, 0.2) is 47.6 Å². The molecule has 0 saturated carbocycles. The Kier molecular flexibility index (Phi) is 3.71. The zero-order valence-electron chi connectivity index (χ0n) is 10.3. The topological polar surface area (TPSA) is 65.5 Å². The second kappa shape index (κ2) is 5.28. The van der Waals surface area contributed by atoms with Gasteiger partial charge in [0.15, 0.2) is 0 Å². The van der Waals surface area contributed by atoms with Crippen LogP contribution in [0.5, 0.6) is 0 Å². The molecule has 98 valence electrons. The lowest BCUT2D eigenvalue weighted by Gasteiger charge is -2.08. The third-order valence-electron chi connectivity index (χ3n) is 3.16. The van der Waals surface area contributed by atoms with Crippen LogP contribution < -0.4 is 5.73 Å². The van der Waals surface area contributed by atoms with Crippen molar-refractivity contribution in [1.82, 2.24) is 5.01 Å². The van der Waals surface area contributed by atoms with Gasteiger partial charge in [-0.1, -0.05) is 36.4 Å². The average molecular weight is 275 g/mol. The van der Waals surface area contributed by atoms with Gasteiger partial charge in [0.25, 0.3) is 0 Å². The van der Waals surface area contributed by atoms with Crippen LogP contribution in [0.3, 0.4) is 0 Å². The maximum absolute atomic E-state index is 7.37. The Hall–Kier alpha value is -2.07. The largest absolute Gasteiger partial charge is 0.369 e. The predicted molar refractivity (Wildman–Crippen MR) is 81.0 cm³/mol. The van der Waals surface area contributed by atoms with Gasteiger partial charge < -0.3 is 5.73 Å². The third kappa shape index (κ3) is 2.53. The number of halogens is 1. The normalized spacial score (nSPS) is 14.1. The molecule has 0 spiro atoms. The van der Waals surface area contributed by atoms with Crippen molar-refractivity contribution in [2.75, 3.05) is 6.54 Å². The van der Waals surface area contributed by atoms with E-state index in [-0.39, 0.29) is 18.4 Å². The van der Waals surface area contributed by atoms with Gasteiger partial charge in [0.1, 0.15) is 0 Å². The number of hydrogen-bond donors (Lipinski definition) is 2. The number of rotatable bonds is 1. The van der Waals surface area contributed by atoms with E-state index in [9.17, 15) is 0 Å². The van der Waals surface area contributed by atoms with Gasteiger partial charge in [0.2, 0.25) is 5.96 Å². The standard InChI is InChI=1S/C14H14N4.ClH/c15-14(16)18-8-7-13(17-18)12-6-5-10-3-1-2-4-11(10)9-12;/h1-6,9H,7-8H2,(H3,15,16);1H. The van der Waals surface area contributed by atoms with E-state index in [1.165, 1.54) is 15.8 Å². The molecule has 0 aromatic heterocycles. The van der Waals surface area contributed by atoms with Crippen LogP contribution in [0.1, 0.15) is 12.0 Å². The summed E-state index contributed by atoms with van der Waals surface area (Å²) in [4.78, 5) is 0. The van der Waals surface area contributed by atoms with Crippen molar-refractivity contribution in [3.05, 3.63) is 48.0 Å². The first-order valence-corrected chi connectivity index (χ1v) is 5.92. The Balaban J connectivity index is 0.00000133. The van der Waals surface area contributed by atoms with E-state index in [1.807, 2.05) is 12.1 Å². The second-order valence-corrected chi connectivity index (χ2v) is 4.37. The highest BCUT2D eigenvalue weighted by atomic mass is 35.5. The fraction of sp³-hybridized carbons (Fsp3) is 0.143. The molecule has 1 aliphatic heterocycles. The molecule has 0 amide bonds. The Morgan fingerprint density at radius 3 is 2.58 bits per heavy atom. The molecule has 0 fully saturated rings. The number of nitrogens with one attached hydrogen (secondary N) is 1. The lowest BCUT2D eigenvalue weighted by molar-refractivity contribution is 0.482. The molecule has 0 radical (unpaired) electrons. The molecular formula is C14H15ClN4. The summed E-state index contributed by atoms with van der Waals surface area (Å²) >= 11 is 0. The molecule has 5 heteroatoms. The van der Waals surface area contributed by atoms with Gasteiger partial charge in [-0.25, -0.2) is 5.01 Å². The van der Waals surface area contributed by atoms with Crippen LogP contribution in [0, 0.1) is 5.41 Å². The molecule has 0 saturated heterocycles. The van der Waals surface area contributed by atoms with Gasteiger partial charge in [-0.05, 0) is 22.4 Å². The highest BCUT2D eigenvalue weighted by Crippen LogP contribution is 2.19. The summed E-state index contributed by atoms with van der Waals surface area (Å²) in [5.41, 5.74) is 7.54. The van der Waals surface area contributed by atoms with Crippen LogP contribution >= 0.6 is 12.4 Å². The first kappa shape index (κ1) is 13.4. The molecule has 0 bridgehead atoms. The number of hydrogen-bond acceptors (Lipinski definition) is 2. The van der Waals surface area contributed by atoms with Crippen molar-refractivity contribution in [3.8, 4) is 0 Å². The lowest BCUT2D eigenvalue weighted by atomic mass is 10.0. The molecule has 4 nitrogen and oxygen atoms in total. The van der Waals surface area contributed by atoms with E-state index in [4.69, 9.17) is 11.1 Å². The minimum Gasteiger partial charge on any atom is -0.369 e. The summed E-state index contributed by atoms with van der Waals surface area (Å²) in [5, 5.41) is 15.7. The molecule has 19 heavy (non-hydrogen) atoms. The van der Waals surface area contributed by atoms with Crippen LogP contribution in [-0.4, -0.2) is 23.2 Å². The number of guanidine groups is 1. The molecule has 2 aromatic carbocycles. The van der Waals surface area contributed by atoms with E-state index in [1.54, 1.807) is 0 Å². The number of nitrogens with two attached hydrogens (primary N) is 1. The van der Waals surface area contributed by atoms with E-state index in [0.29, 0.717) is 6.54 Å². The minimum absolute atomic E-state index is 0. The molecule has 0 atom stereocenters. The van der Waals surface area contributed by atoms with Crippen molar-refractivity contribution in [3.63, 3.8) is 0 Å². The van der Waals surface area contributed by atoms with Gasteiger partial charge in [-0.3, -0.25) is 5.41 Å². The monoisotopic (exact) mass is 274 g/mol. The van der Waals surface area contributed by atoms with E-state index < -0.39 is 0 Å². The molecule has 1 aliphatic rings. The molecule has 0 aliphatic carbocycles. The Morgan fingerprint density at radius 2 is 1.89 bits per heavy atom. The maximum atomic E-state index is 7.37. The van der Waals surface area contributed by atoms with Crippen molar-refractivity contribution < 1.29 is 0 Å². The summed E-state index contributed by atoms with van der Waals surface area (Å²) in [5.74, 6) is 0.00536. The summed E-state index contributed by atoms with van der Waals surface area (Å²) in [6.07, 6.45) is 0.831. The quantitative estimate of drug-likeness (QED) is 0.620. The number of nitrogens with zero attached hydrogens (tertiary/aromatic N) is 2. The van der Waals surface area contributed by atoms with Gasteiger partial charge >= 0.3 is 0 Å². The van der Waals surface area contributed by atoms with Gasteiger partial charge in [-0.15, -0.1) is 12.4 Å². The second-order valence-electron chi connectivity index (χ2n) is 4.37. The first-order chi connectivity index (χ1) is 8.74. The van der Waals surface area contributed by atoms with Crippen molar-refractivity contribution in [1.29, 1.82) is 5.41 Å². The zero-order valence-corrected chi connectivity index (χ0v) is 11.2. The third-order valence-corrected chi connectivity index (χ3v) is 3.16. The van der Waals surface area contributed by atoms with E-state index in [2.05, 4.69) is 35.4 Å². The fourth-order valence-corrected chi connectivity index (χ4v) is 2.20. The maximum Gasteiger partial charge on any atom is 0.209 e. The highest BCUT2D eigenvalue weighted by molar-refractivity contribution is 6.05. The smallest absolute Gasteiger partial charge is 0.209 e. The van der Waals surface area contributed by atoms with Crippen LogP contribution in [0.4, 0.5) is 0 Å². The van der Waals surface area contributed by atoms with Crippen LogP contribution in [0.25, 0.3) is 10.8 Å². The summed E-state index contributed by atoms with van der Waals surface area (Å²) in [6.45, 7) is 0.692. The van der Waals surface area contributed by atoms with Crippen LogP contribution in [-0.2, 0) is 0 Å². The molecule has 1 heterocycles. The van der Waals surface area contributed by atoms with Gasteiger partial charge in [0.05, 0.1) is 12.3 Å². The molecule has 3 rings (SSSR count). The Morgan fingerprint density at radius 1 is 1.16 bits per heavy atom. The van der Waals surface area contributed by atoms with Crippen molar-refractivity contribution >= 4 is 34.9 Å². The van der Waals surface area contributed by atoms with Crippen molar-refractivity contribution in [2.45, 2.75) is 6.42 Å². The SMILES string of the molecule is Cl.N=C(N)N1CCC(c2ccc3ccccc3c2)=N1. The molecular weight excluding hydrogens is 260 g/mol. The highest BCUT2D eigenvalue weighted by Gasteiger charge is 2.17. The van der Waals surface area contributed by atoms with Gasteiger partial charge in [0, 0.05) is 6.42 Å². The summed E-state index contributed by atoms with van der Waals surface area (Å²) in [7, 11) is 0. The van der Waals surface area contributed by atoms with E-state index >= 15 is 0 Å². The van der Waals surface area contributed by atoms with Crippen molar-refractivity contribution in [2.24, 2.45) is 10.8 Å². The number of hydrazone groups is 1. The molecule has 0 unspecified atom stereocenters. The Labute approximate surface area is 117 Å². The predicted octanol–water partition coefficient (Wildman–Crippen LogP) is 2.56. The number of benzene rings is 2. The molecule has 2 aromatic rings.